The number of amides is 1. The van der Waals surface area contributed by atoms with Crippen LogP contribution in [-0.2, 0) is 9.53 Å². The molecule has 4 nitrogen and oxygen atoms in total. The maximum atomic E-state index is 10.7. The third-order valence-corrected chi connectivity index (χ3v) is 1.10. The number of ether oxygens (including phenoxy) is 1. The fraction of sp³-hybridized carbons (Fsp3) is 0.714. The number of methoxy groups -OCH3 is 1. The van der Waals surface area contributed by atoms with E-state index in [9.17, 15) is 4.79 Å². The Morgan fingerprint density at radius 3 is 2.91 bits per heavy atom. The summed E-state index contributed by atoms with van der Waals surface area (Å²) in [5.74, 6) is -0.328. The molecule has 0 radical (unpaired) electrons. The van der Waals surface area contributed by atoms with E-state index >= 15 is 0 Å². The summed E-state index contributed by atoms with van der Waals surface area (Å²) in [6.45, 7) is 2.18. The average Bonchev–Trinajstić information content (AvgIpc) is 2.01. The van der Waals surface area contributed by atoms with Gasteiger partial charge in [-0.05, 0) is 6.92 Å². The zero-order valence-electron chi connectivity index (χ0n) is 6.76. The standard InChI is InChI=1S/C7H12N2O2/c1-6(3-8)4-9-7(10)5-11-2/h6H,4-5H2,1-2H3,(H,9,10). The van der Waals surface area contributed by atoms with Crippen LogP contribution >= 0.6 is 0 Å². The van der Waals surface area contributed by atoms with Crippen molar-refractivity contribution >= 4 is 5.91 Å². The summed E-state index contributed by atoms with van der Waals surface area (Å²) in [4.78, 5) is 10.7. The maximum Gasteiger partial charge on any atom is 0.246 e. The fourth-order valence-corrected chi connectivity index (χ4v) is 0.495. The molecule has 0 aliphatic rings. The van der Waals surface area contributed by atoms with Crippen LogP contribution in [0.3, 0.4) is 0 Å². The fourth-order valence-electron chi connectivity index (χ4n) is 0.495. The Morgan fingerprint density at radius 1 is 1.82 bits per heavy atom. The van der Waals surface area contributed by atoms with Gasteiger partial charge in [0.2, 0.25) is 5.91 Å². The third-order valence-electron chi connectivity index (χ3n) is 1.10. The molecular formula is C7H12N2O2. The highest BCUT2D eigenvalue weighted by Gasteiger charge is 2.02. The molecular weight excluding hydrogens is 144 g/mol. The van der Waals surface area contributed by atoms with Crippen molar-refractivity contribution in [3.05, 3.63) is 0 Å². The molecule has 0 bridgehead atoms. The van der Waals surface area contributed by atoms with Gasteiger partial charge in [-0.25, -0.2) is 0 Å². The first-order chi connectivity index (χ1) is 5.20. The normalized spacial score (nSPS) is 11.7. The van der Waals surface area contributed by atoms with Crippen molar-refractivity contribution < 1.29 is 9.53 Å². The molecule has 1 amide bonds. The van der Waals surface area contributed by atoms with Gasteiger partial charge in [0.15, 0.2) is 0 Å². The Labute approximate surface area is 66.1 Å². The predicted molar refractivity (Wildman–Crippen MR) is 39.7 cm³/mol. The van der Waals surface area contributed by atoms with Gasteiger partial charge in [0.25, 0.3) is 0 Å². The minimum Gasteiger partial charge on any atom is -0.375 e. The van der Waals surface area contributed by atoms with Crippen LogP contribution in [0.5, 0.6) is 0 Å². The van der Waals surface area contributed by atoms with Crippen LogP contribution < -0.4 is 5.32 Å². The van der Waals surface area contributed by atoms with Crippen molar-refractivity contribution in [2.75, 3.05) is 20.3 Å². The molecule has 0 saturated carbocycles. The van der Waals surface area contributed by atoms with Gasteiger partial charge in [-0.2, -0.15) is 5.26 Å². The lowest BCUT2D eigenvalue weighted by Crippen LogP contribution is -2.30. The van der Waals surface area contributed by atoms with Gasteiger partial charge < -0.3 is 10.1 Å². The molecule has 1 N–H and O–H groups in total. The van der Waals surface area contributed by atoms with Gasteiger partial charge >= 0.3 is 0 Å². The number of hydrogen-bond donors (Lipinski definition) is 1. The van der Waals surface area contributed by atoms with Crippen LogP contribution in [0.25, 0.3) is 0 Å². The summed E-state index contributed by atoms with van der Waals surface area (Å²) in [6.07, 6.45) is 0. The van der Waals surface area contributed by atoms with Crippen molar-refractivity contribution in [3.63, 3.8) is 0 Å². The van der Waals surface area contributed by atoms with Crippen molar-refractivity contribution in [2.24, 2.45) is 5.92 Å². The summed E-state index contributed by atoms with van der Waals surface area (Å²) >= 11 is 0. The van der Waals surface area contributed by atoms with Gasteiger partial charge in [0.1, 0.15) is 6.61 Å². The Balaban J connectivity index is 3.39. The lowest BCUT2D eigenvalue weighted by molar-refractivity contribution is -0.124. The van der Waals surface area contributed by atoms with E-state index in [1.165, 1.54) is 7.11 Å². The van der Waals surface area contributed by atoms with E-state index in [-0.39, 0.29) is 18.4 Å². The molecule has 0 heterocycles. The van der Waals surface area contributed by atoms with Crippen LogP contribution in [0.4, 0.5) is 0 Å². The van der Waals surface area contributed by atoms with Crippen LogP contribution in [-0.4, -0.2) is 26.2 Å². The first kappa shape index (κ1) is 9.92. The van der Waals surface area contributed by atoms with Gasteiger partial charge in [-0.1, -0.05) is 0 Å². The van der Waals surface area contributed by atoms with Crippen LogP contribution in [0.15, 0.2) is 0 Å². The van der Waals surface area contributed by atoms with Crippen molar-refractivity contribution in [2.45, 2.75) is 6.92 Å². The molecule has 1 atom stereocenters. The maximum absolute atomic E-state index is 10.7. The second kappa shape index (κ2) is 5.69. The van der Waals surface area contributed by atoms with E-state index < -0.39 is 0 Å². The predicted octanol–water partition coefficient (Wildman–Crippen LogP) is -0.0913. The van der Waals surface area contributed by atoms with Gasteiger partial charge in [-0.15, -0.1) is 0 Å². The second-order valence-corrected chi connectivity index (χ2v) is 2.27. The summed E-state index contributed by atoms with van der Waals surface area (Å²) in [6, 6.07) is 2.01. The highest BCUT2D eigenvalue weighted by Crippen LogP contribution is 1.86. The zero-order valence-corrected chi connectivity index (χ0v) is 6.76. The first-order valence-corrected chi connectivity index (χ1v) is 3.36. The average molecular weight is 156 g/mol. The summed E-state index contributed by atoms with van der Waals surface area (Å²) in [5, 5.41) is 10.9. The summed E-state index contributed by atoms with van der Waals surface area (Å²) in [7, 11) is 1.45. The monoisotopic (exact) mass is 156 g/mol. The number of nitrogens with zero attached hydrogens (tertiary/aromatic N) is 1. The number of nitrogens with one attached hydrogen (secondary N) is 1. The Hall–Kier alpha value is -1.08. The summed E-state index contributed by atoms with van der Waals surface area (Å²) in [5.41, 5.74) is 0. The molecule has 1 unspecified atom stereocenters. The smallest absolute Gasteiger partial charge is 0.246 e. The molecule has 0 aliphatic carbocycles. The number of rotatable bonds is 4. The van der Waals surface area contributed by atoms with Gasteiger partial charge in [0, 0.05) is 13.7 Å². The van der Waals surface area contributed by atoms with E-state index in [0.29, 0.717) is 6.54 Å². The number of carbonyl (C=O) groups excluding carboxylic acids is 1. The highest BCUT2D eigenvalue weighted by molar-refractivity contribution is 5.77. The zero-order chi connectivity index (χ0) is 8.69. The van der Waals surface area contributed by atoms with E-state index in [1.807, 2.05) is 6.07 Å². The Kier molecular flexibility index (Phi) is 5.13. The molecule has 11 heavy (non-hydrogen) atoms. The van der Waals surface area contributed by atoms with E-state index in [0.717, 1.165) is 0 Å². The summed E-state index contributed by atoms with van der Waals surface area (Å²) < 4.78 is 4.57. The molecule has 0 aromatic carbocycles. The first-order valence-electron chi connectivity index (χ1n) is 3.36. The minimum absolute atomic E-state index is 0.0537. The largest absolute Gasteiger partial charge is 0.375 e. The lowest BCUT2D eigenvalue weighted by Gasteiger charge is -2.04. The number of hydrogen-bond acceptors (Lipinski definition) is 3. The van der Waals surface area contributed by atoms with E-state index in [1.54, 1.807) is 6.92 Å². The lowest BCUT2D eigenvalue weighted by atomic mass is 10.2. The van der Waals surface area contributed by atoms with Crippen molar-refractivity contribution in [3.8, 4) is 6.07 Å². The number of carbonyl (C=O) groups is 1. The molecule has 0 spiro atoms. The third kappa shape index (κ3) is 5.37. The quantitative estimate of drug-likeness (QED) is 0.618. The van der Waals surface area contributed by atoms with Crippen LogP contribution in [0, 0.1) is 17.2 Å². The van der Waals surface area contributed by atoms with Crippen LogP contribution in [0.2, 0.25) is 0 Å². The van der Waals surface area contributed by atoms with E-state index in [4.69, 9.17) is 5.26 Å². The van der Waals surface area contributed by atoms with Gasteiger partial charge in [0.05, 0.1) is 12.0 Å². The molecule has 0 aliphatic heterocycles. The molecule has 62 valence electrons. The van der Waals surface area contributed by atoms with Gasteiger partial charge in [-0.3, -0.25) is 4.79 Å². The van der Waals surface area contributed by atoms with Crippen LogP contribution in [0.1, 0.15) is 6.92 Å². The topological polar surface area (TPSA) is 62.1 Å². The van der Waals surface area contributed by atoms with Crippen molar-refractivity contribution in [1.82, 2.24) is 5.32 Å². The SMILES string of the molecule is COCC(=O)NCC(C)C#N. The Bertz CT molecular complexity index is 162. The molecule has 0 aromatic heterocycles. The molecule has 4 heteroatoms. The van der Waals surface area contributed by atoms with Crippen molar-refractivity contribution in [1.29, 1.82) is 5.26 Å². The molecule has 0 fully saturated rings. The molecule has 0 aromatic rings. The van der Waals surface area contributed by atoms with E-state index in [2.05, 4.69) is 10.1 Å². The molecule has 0 saturated heterocycles. The molecule has 0 rings (SSSR count). The minimum atomic E-state index is -0.186. The number of nitriles is 1. The highest BCUT2D eigenvalue weighted by atomic mass is 16.5. The Morgan fingerprint density at radius 2 is 2.45 bits per heavy atom. The second-order valence-electron chi connectivity index (χ2n) is 2.27.